The molecule has 0 aliphatic carbocycles. The molecule has 0 unspecified atom stereocenters. The zero-order valence-corrected chi connectivity index (χ0v) is 14.4. The number of carbonyl (C=O) groups excluding carboxylic acids is 1. The van der Waals surface area contributed by atoms with E-state index in [4.69, 9.17) is 12.2 Å². The van der Waals surface area contributed by atoms with Crippen molar-refractivity contribution in [2.24, 2.45) is 5.10 Å². The molecule has 0 saturated carbocycles. The predicted octanol–water partition coefficient (Wildman–Crippen LogP) is 3.90. The number of alkyl halides is 3. The second-order valence-electron chi connectivity index (χ2n) is 5.16. The summed E-state index contributed by atoms with van der Waals surface area (Å²) in [4.78, 5) is 10.9. The number of hydrazone groups is 1. The lowest BCUT2D eigenvalue weighted by Crippen LogP contribution is -2.29. The lowest BCUT2D eigenvalue weighted by molar-refractivity contribution is -0.167. The van der Waals surface area contributed by atoms with Crippen molar-refractivity contribution < 1.29 is 18.0 Å². The summed E-state index contributed by atoms with van der Waals surface area (Å²) in [5.74, 6) is -2.02. The fraction of sp³-hybridized carbons (Fsp3) is 0.118. The van der Waals surface area contributed by atoms with Crippen LogP contribution in [0.5, 0.6) is 0 Å². The first-order valence-electron chi connectivity index (χ1n) is 7.40. The Bertz CT molecular complexity index is 805. The monoisotopic (exact) mass is 380 g/mol. The Morgan fingerprint density at radius 2 is 1.54 bits per heavy atom. The molecule has 1 amide bonds. The Balaban J connectivity index is 1.94. The molecule has 0 atom stereocenters. The number of anilines is 2. The minimum Gasteiger partial charge on any atom is -0.331 e. The molecule has 0 heterocycles. The van der Waals surface area contributed by atoms with E-state index in [-0.39, 0.29) is 5.69 Å². The van der Waals surface area contributed by atoms with Crippen LogP contribution in [0.4, 0.5) is 24.5 Å². The molecule has 2 aromatic carbocycles. The van der Waals surface area contributed by atoms with Gasteiger partial charge in [-0.15, -0.1) is 0 Å². The number of hydrogen-bond donors (Lipinski definition) is 3. The summed E-state index contributed by atoms with van der Waals surface area (Å²) in [6.45, 7) is 1.71. The molecule has 0 aliphatic heterocycles. The largest absolute Gasteiger partial charge is 0.471 e. The minimum atomic E-state index is -4.93. The maximum atomic E-state index is 12.2. The van der Waals surface area contributed by atoms with E-state index in [1.54, 1.807) is 24.4 Å². The van der Waals surface area contributed by atoms with Gasteiger partial charge in [0.05, 0.1) is 5.71 Å². The third-order valence-electron chi connectivity index (χ3n) is 3.17. The van der Waals surface area contributed by atoms with Crippen molar-refractivity contribution in [2.45, 2.75) is 13.1 Å². The number of halogens is 3. The van der Waals surface area contributed by atoms with Gasteiger partial charge >= 0.3 is 12.1 Å². The highest BCUT2D eigenvalue weighted by molar-refractivity contribution is 7.80. The lowest BCUT2D eigenvalue weighted by Gasteiger charge is -2.09. The quantitative estimate of drug-likeness (QED) is 0.428. The second-order valence-corrected chi connectivity index (χ2v) is 5.57. The second kappa shape index (κ2) is 8.43. The van der Waals surface area contributed by atoms with Gasteiger partial charge < -0.3 is 10.6 Å². The fourth-order valence-electron chi connectivity index (χ4n) is 1.88. The first-order chi connectivity index (χ1) is 12.3. The van der Waals surface area contributed by atoms with Crippen LogP contribution in [0.1, 0.15) is 12.5 Å². The van der Waals surface area contributed by atoms with Gasteiger partial charge in [0.15, 0.2) is 5.11 Å². The van der Waals surface area contributed by atoms with E-state index in [9.17, 15) is 18.0 Å². The van der Waals surface area contributed by atoms with Gasteiger partial charge in [-0.3, -0.25) is 10.2 Å². The van der Waals surface area contributed by atoms with Crippen LogP contribution in [0, 0.1) is 0 Å². The molecule has 3 N–H and O–H groups in total. The Hall–Kier alpha value is -2.94. The van der Waals surface area contributed by atoms with E-state index >= 15 is 0 Å². The first kappa shape index (κ1) is 19.4. The van der Waals surface area contributed by atoms with Crippen molar-refractivity contribution >= 4 is 40.3 Å². The maximum absolute atomic E-state index is 12.2. The highest BCUT2D eigenvalue weighted by Gasteiger charge is 2.38. The first-order valence-corrected chi connectivity index (χ1v) is 7.81. The van der Waals surface area contributed by atoms with E-state index in [0.29, 0.717) is 16.4 Å². The zero-order valence-electron chi connectivity index (χ0n) is 13.6. The van der Waals surface area contributed by atoms with Gasteiger partial charge in [0.2, 0.25) is 0 Å². The molecule has 2 rings (SSSR count). The van der Waals surface area contributed by atoms with Gasteiger partial charge in [0.1, 0.15) is 0 Å². The molecule has 26 heavy (non-hydrogen) atoms. The van der Waals surface area contributed by atoms with Crippen LogP contribution in [-0.4, -0.2) is 22.9 Å². The van der Waals surface area contributed by atoms with E-state index in [1.807, 2.05) is 30.3 Å². The SMILES string of the molecule is C/C(=N\NC(=S)Nc1ccccc1)c1ccc(NC(=O)C(F)(F)F)cc1. The van der Waals surface area contributed by atoms with E-state index in [2.05, 4.69) is 15.8 Å². The smallest absolute Gasteiger partial charge is 0.331 e. The summed E-state index contributed by atoms with van der Waals surface area (Å²) < 4.78 is 36.7. The van der Waals surface area contributed by atoms with Crippen LogP contribution >= 0.6 is 12.2 Å². The molecule has 0 aromatic heterocycles. The van der Waals surface area contributed by atoms with Gasteiger partial charge in [-0.2, -0.15) is 18.3 Å². The van der Waals surface area contributed by atoms with E-state index in [0.717, 1.165) is 5.69 Å². The molecule has 0 radical (unpaired) electrons. The van der Waals surface area contributed by atoms with Gasteiger partial charge in [-0.1, -0.05) is 30.3 Å². The number of thiocarbonyl (C=S) groups is 1. The Morgan fingerprint density at radius 3 is 2.12 bits per heavy atom. The van der Waals surface area contributed by atoms with Crippen LogP contribution < -0.4 is 16.1 Å². The van der Waals surface area contributed by atoms with Crippen molar-refractivity contribution in [2.75, 3.05) is 10.6 Å². The third kappa shape index (κ3) is 5.85. The molecule has 5 nitrogen and oxygen atoms in total. The molecule has 0 fully saturated rings. The Morgan fingerprint density at radius 1 is 0.962 bits per heavy atom. The van der Waals surface area contributed by atoms with Gasteiger partial charge in [-0.05, 0) is 49.0 Å². The molecular weight excluding hydrogens is 365 g/mol. The molecule has 136 valence electrons. The highest BCUT2D eigenvalue weighted by atomic mass is 32.1. The molecule has 2 aromatic rings. The Labute approximate surface area is 153 Å². The summed E-state index contributed by atoms with van der Waals surface area (Å²) in [6.07, 6.45) is -4.93. The number of amides is 1. The zero-order chi connectivity index (χ0) is 19.2. The molecule has 0 saturated heterocycles. The number of nitrogens with zero attached hydrogens (tertiary/aromatic N) is 1. The van der Waals surface area contributed by atoms with Gasteiger partial charge in [0, 0.05) is 11.4 Å². The molecule has 0 aliphatic rings. The normalized spacial score (nSPS) is 11.6. The van der Waals surface area contributed by atoms with Crippen LogP contribution in [0.25, 0.3) is 0 Å². The summed E-state index contributed by atoms with van der Waals surface area (Å²) in [5.41, 5.74) is 4.76. The Kier molecular flexibility index (Phi) is 6.29. The molecule has 9 heteroatoms. The van der Waals surface area contributed by atoms with Crippen molar-refractivity contribution in [1.82, 2.24) is 5.43 Å². The standard InChI is InChI=1S/C17H15F3N4OS/c1-11(23-24-16(26)22-13-5-3-2-4-6-13)12-7-9-14(10-8-12)21-15(25)17(18,19)20/h2-10H,1H3,(H,21,25)(H2,22,24,26)/b23-11+. The van der Waals surface area contributed by atoms with Crippen molar-refractivity contribution in [1.29, 1.82) is 0 Å². The lowest BCUT2D eigenvalue weighted by atomic mass is 10.1. The number of carbonyl (C=O) groups is 1. The van der Waals surface area contributed by atoms with Crippen molar-refractivity contribution in [3.05, 3.63) is 60.2 Å². The van der Waals surface area contributed by atoms with Crippen molar-refractivity contribution in [3.8, 4) is 0 Å². The summed E-state index contributed by atoms with van der Waals surface area (Å²) >= 11 is 5.12. The average molecular weight is 380 g/mol. The van der Waals surface area contributed by atoms with Crippen LogP contribution in [0.2, 0.25) is 0 Å². The number of benzene rings is 2. The van der Waals surface area contributed by atoms with Crippen molar-refractivity contribution in [3.63, 3.8) is 0 Å². The third-order valence-corrected chi connectivity index (χ3v) is 3.37. The number of para-hydroxylation sites is 1. The predicted molar refractivity (Wildman–Crippen MR) is 99.1 cm³/mol. The number of rotatable bonds is 4. The van der Waals surface area contributed by atoms with Gasteiger partial charge in [-0.25, -0.2) is 0 Å². The molecule has 0 bridgehead atoms. The highest BCUT2D eigenvalue weighted by Crippen LogP contribution is 2.18. The van der Waals surface area contributed by atoms with E-state index < -0.39 is 12.1 Å². The van der Waals surface area contributed by atoms with Crippen LogP contribution in [-0.2, 0) is 4.79 Å². The van der Waals surface area contributed by atoms with E-state index in [1.165, 1.54) is 12.1 Å². The van der Waals surface area contributed by atoms with Gasteiger partial charge in [0.25, 0.3) is 0 Å². The minimum absolute atomic E-state index is 0.0399. The summed E-state index contributed by atoms with van der Waals surface area (Å²) in [6, 6.07) is 15.1. The number of hydrogen-bond acceptors (Lipinski definition) is 3. The average Bonchev–Trinajstić information content (AvgIpc) is 2.60. The fourth-order valence-corrected chi connectivity index (χ4v) is 2.04. The summed E-state index contributed by atoms with van der Waals surface area (Å²) in [7, 11) is 0. The van der Waals surface area contributed by atoms with Crippen LogP contribution in [0.15, 0.2) is 59.7 Å². The molecule has 0 spiro atoms. The topological polar surface area (TPSA) is 65.5 Å². The molecular formula is C17H15F3N4OS. The number of nitrogens with one attached hydrogen (secondary N) is 3. The maximum Gasteiger partial charge on any atom is 0.471 e. The summed E-state index contributed by atoms with van der Waals surface area (Å²) in [5, 5.41) is 9.14. The van der Waals surface area contributed by atoms with Crippen LogP contribution in [0.3, 0.4) is 0 Å².